The zero-order chi connectivity index (χ0) is 12.6. The fraction of sp³-hybridized carbons (Fsp3) is 0. The van der Waals surface area contributed by atoms with E-state index >= 15 is 0 Å². The van der Waals surface area contributed by atoms with Gasteiger partial charge in [-0.3, -0.25) is 20.2 Å². The summed E-state index contributed by atoms with van der Waals surface area (Å²) in [7, 11) is 0. The van der Waals surface area contributed by atoms with Gasteiger partial charge in [0.2, 0.25) is 0 Å². The van der Waals surface area contributed by atoms with Crippen LogP contribution in [0.3, 0.4) is 0 Å². The maximum atomic E-state index is 10.7. The summed E-state index contributed by atoms with van der Waals surface area (Å²) in [5, 5.41) is 22.5. The van der Waals surface area contributed by atoms with Crippen molar-refractivity contribution in [3.63, 3.8) is 0 Å². The third-order valence-electron chi connectivity index (χ3n) is 2.33. The molecular formula is C10H5BrN2O4. The first kappa shape index (κ1) is 11.5. The third-order valence-corrected chi connectivity index (χ3v) is 3.16. The molecule has 86 valence electrons. The van der Waals surface area contributed by atoms with E-state index in [1.165, 1.54) is 18.2 Å². The lowest BCUT2D eigenvalue weighted by molar-refractivity contribution is -0.385. The largest absolute Gasteiger partial charge is 0.284 e. The number of hydrogen-bond acceptors (Lipinski definition) is 4. The molecule has 0 aliphatic carbocycles. The molecule has 0 aliphatic heterocycles. The van der Waals surface area contributed by atoms with E-state index in [4.69, 9.17) is 0 Å². The average Bonchev–Trinajstić information content (AvgIpc) is 2.28. The minimum atomic E-state index is -0.539. The van der Waals surface area contributed by atoms with Crippen molar-refractivity contribution in [2.45, 2.75) is 0 Å². The Balaban J connectivity index is 2.78. The fourth-order valence-corrected chi connectivity index (χ4v) is 2.13. The molecule has 6 nitrogen and oxygen atoms in total. The van der Waals surface area contributed by atoms with Crippen LogP contribution in [0.25, 0.3) is 10.8 Å². The summed E-state index contributed by atoms with van der Waals surface area (Å²) in [6.45, 7) is 0. The molecule has 0 amide bonds. The molecule has 0 saturated heterocycles. The minimum absolute atomic E-state index is 0.0984. The molecule has 0 aliphatic rings. The number of rotatable bonds is 2. The van der Waals surface area contributed by atoms with E-state index in [9.17, 15) is 20.2 Å². The summed E-state index contributed by atoms with van der Waals surface area (Å²) in [4.78, 5) is 20.3. The monoisotopic (exact) mass is 296 g/mol. The van der Waals surface area contributed by atoms with Crippen molar-refractivity contribution in [3.05, 3.63) is 55.0 Å². The number of nitrogens with zero attached hydrogens (tertiary/aromatic N) is 2. The van der Waals surface area contributed by atoms with E-state index in [1.54, 1.807) is 12.1 Å². The second kappa shape index (κ2) is 4.10. The van der Waals surface area contributed by atoms with Crippen LogP contribution in [0, 0.1) is 20.2 Å². The van der Waals surface area contributed by atoms with Gasteiger partial charge in [0.05, 0.1) is 9.85 Å². The van der Waals surface area contributed by atoms with E-state index in [1.807, 2.05) is 0 Å². The number of fused-ring (bicyclic) bond motifs is 1. The van der Waals surface area contributed by atoms with Crippen molar-refractivity contribution in [1.82, 2.24) is 0 Å². The van der Waals surface area contributed by atoms with Crippen LogP contribution >= 0.6 is 15.9 Å². The third kappa shape index (κ3) is 1.96. The highest BCUT2D eigenvalue weighted by Gasteiger charge is 2.16. The van der Waals surface area contributed by atoms with Gasteiger partial charge in [-0.05, 0) is 33.4 Å². The maximum Gasteiger partial charge on any atom is 0.284 e. The van der Waals surface area contributed by atoms with Gasteiger partial charge < -0.3 is 0 Å². The second-order valence-corrected chi connectivity index (χ2v) is 4.11. The molecule has 0 bridgehead atoms. The number of benzene rings is 2. The molecule has 17 heavy (non-hydrogen) atoms. The first-order chi connectivity index (χ1) is 8.00. The lowest BCUT2D eigenvalue weighted by Gasteiger charge is -2.01. The van der Waals surface area contributed by atoms with E-state index < -0.39 is 9.85 Å². The molecule has 0 heterocycles. The number of halogens is 1. The quantitative estimate of drug-likeness (QED) is 0.627. The molecule has 2 aromatic carbocycles. The van der Waals surface area contributed by atoms with Gasteiger partial charge in [-0.25, -0.2) is 0 Å². The predicted molar refractivity (Wildman–Crippen MR) is 65.0 cm³/mol. The Kier molecular flexibility index (Phi) is 2.76. The predicted octanol–water partition coefficient (Wildman–Crippen LogP) is 3.42. The van der Waals surface area contributed by atoms with Crippen LogP contribution in [0.1, 0.15) is 0 Å². The molecule has 2 rings (SSSR count). The Morgan fingerprint density at radius 2 is 1.65 bits per heavy atom. The van der Waals surface area contributed by atoms with Crippen LogP contribution in [0.15, 0.2) is 34.8 Å². The van der Waals surface area contributed by atoms with Gasteiger partial charge in [-0.15, -0.1) is 0 Å². The van der Waals surface area contributed by atoms with Crippen LogP contribution in [0.5, 0.6) is 0 Å². The fourth-order valence-electron chi connectivity index (χ4n) is 1.51. The van der Waals surface area contributed by atoms with Crippen LogP contribution in [-0.2, 0) is 0 Å². The summed E-state index contributed by atoms with van der Waals surface area (Å²) in [6, 6.07) is 7.15. The SMILES string of the molecule is O=[N+]([O-])c1ccc2ccc([N+](=O)[O-])c(Br)c2c1. The number of nitro groups is 2. The molecular weight excluding hydrogens is 292 g/mol. The van der Waals surface area contributed by atoms with Gasteiger partial charge in [-0.2, -0.15) is 0 Å². The summed E-state index contributed by atoms with van der Waals surface area (Å²) >= 11 is 3.10. The Morgan fingerprint density at radius 1 is 1.00 bits per heavy atom. The molecule has 0 saturated carbocycles. The highest BCUT2D eigenvalue weighted by atomic mass is 79.9. The lowest BCUT2D eigenvalue weighted by Crippen LogP contribution is -1.91. The van der Waals surface area contributed by atoms with Gasteiger partial charge in [0.1, 0.15) is 4.47 Å². The van der Waals surface area contributed by atoms with Gasteiger partial charge in [0, 0.05) is 23.6 Å². The van der Waals surface area contributed by atoms with Crippen LogP contribution in [0.2, 0.25) is 0 Å². The van der Waals surface area contributed by atoms with Crippen molar-refractivity contribution in [3.8, 4) is 0 Å². The molecule has 7 heteroatoms. The molecule has 0 radical (unpaired) electrons. The zero-order valence-electron chi connectivity index (χ0n) is 8.29. The smallest absolute Gasteiger partial charge is 0.258 e. The second-order valence-electron chi connectivity index (χ2n) is 3.32. The van der Waals surface area contributed by atoms with Crippen molar-refractivity contribution < 1.29 is 9.85 Å². The molecule has 0 atom stereocenters. The maximum absolute atomic E-state index is 10.7. The van der Waals surface area contributed by atoms with Gasteiger partial charge in [0.15, 0.2) is 0 Å². The molecule has 0 unspecified atom stereocenters. The van der Waals surface area contributed by atoms with E-state index in [0.717, 1.165) is 0 Å². The van der Waals surface area contributed by atoms with Gasteiger partial charge in [-0.1, -0.05) is 0 Å². The Morgan fingerprint density at radius 3 is 2.24 bits per heavy atom. The van der Waals surface area contributed by atoms with Crippen molar-refractivity contribution >= 4 is 38.1 Å². The minimum Gasteiger partial charge on any atom is -0.258 e. The zero-order valence-corrected chi connectivity index (χ0v) is 9.88. The topological polar surface area (TPSA) is 86.3 Å². The summed E-state index contributed by atoms with van der Waals surface area (Å²) in [5.74, 6) is 0. The molecule has 0 aromatic heterocycles. The average molecular weight is 297 g/mol. The molecule has 0 N–H and O–H groups in total. The lowest BCUT2D eigenvalue weighted by atomic mass is 10.1. The van der Waals surface area contributed by atoms with Gasteiger partial charge in [0.25, 0.3) is 11.4 Å². The summed E-state index contributed by atoms with van der Waals surface area (Å²) in [5.41, 5.74) is -0.211. The molecule has 0 spiro atoms. The van der Waals surface area contributed by atoms with E-state index in [-0.39, 0.29) is 15.8 Å². The Labute approximate surface area is 103 Å². The van der Waals surface area contributed by atoms with Crippen molar-refractivity contribution in [1.29, 1.82) is 0 Å². The summed E-state index contributed by atoms with van der Waals surface area (Å²) in [6.07, 6.45) is 0. The first-order valence-electron chi connectivity index (χ1n) is 4.52. The number of nitro benzene ring substituents is 2. The van der Waals surface area contributed by atoms with Crippen LogP contribution in [-0.4, -0.2) is 9.85 Å². The molecule has 0 fully saturated rings. The van der Waals surface area contributed by atoms with Crippen molar-refractivity contribution in [2.24, 2.45) is 0 Å². The van der Waals surface area contributed by atoms with Gasteiger partial charge >= 0.3 is 0 Å². The van der Waals surface area contributed by atoms with E-state index in [2.05, 4.69) is 15.9 Å². The molecule has 2 aromatic rings. The standard InChI is InChI=1S/C10H5BrN2O4/c11-10-8-5-7(12(14)15)3-1-6(8)2-4-9(10)13(16)17/h1-5H. The van der Waals surface area contributed by atoms with Crippen molar-refractivity contribution in [2.75, 3.05) is 0 Å². The number of hydrogen-bond donors (Lipinski definition) is 0. The Bertz CT molecular complexity index is 636. The highest BCUT2D eigenvalue weighted by Crippen LogP contribution is 2.34. The van der Waals surface area contributed by atoms with Crippen LogP contribution < -0.4 is 0 Å². The first-order valence-corrected chi connectivity index (χ1v) is 5.31. The van der Waals surface area contributed by atoms with Crippen LogP contribution in [0.4, 0.5) is 11.4 Å². The highest BCUT2D eigenvalue weighted by molar-refractivity contribution is 9.10. The summed E-state index contributed by atoms with van der Waals surface area (Å²) < 4.78 is 0.253. The van der Waals surface area contributed by atoms with E-state index in [0.29, 0.717) is 10.8 Å². The Hall–Kier alpha value is -2.02. The normalized spacial score (nSPS) is 10.4. The number of non-ortho nitro benzene ring substituents is 1.